The molecule has 11 heteroatoms. The molecule has 1 aromatic heterocycles. The van der Waals surface area contributed by atoms with Crippen LogP contribution in [0.3, 0.4) is 0 Å². The van der Waals surface area contributed by atoms with Crippen LogP contribution in [0.25, 0.3) is 0 Å². The molecule has 2 heterocycles. The number of nitrogens with one attached hydrogen (secondary N) is 2. The van der Waals surface area contributed by atoms with Crippen molar-refractivity contribution < 1.29 is 22.8 Å². The summed E-state index contributed by atoms with van der Waals surface area (Å²) >= 11 is 0. The Morgan fingerprint density at radius 3 is 2.59 bits per heavy atom. The van der Waals surface area contributed by atoms with Gasteiger partial charge < -0.3 is 10.6 Å². The number of piperidine rings is 1. The predicted octanol–water partition coefficient (Wildman–Crippen LogP) is 1.48. The van der Waals surface area contributed by atoms with E-state index in [0.29, 0.717) is 19.2 Å². The van der Waals surface area contributed by atoms with Crippen molar-refractivity contribution in [1.29, 1.82) is 0 Å². The Hall–Kier alpha value is -2.95. The summed E-state index contributed by atoms with van der Waals surface area (Å²) in [6, 6.07) is 1.40. The highest BCUT2D eigenvalue weighted by Gasteiger charge is 2.27. The zero-order valence-electron chi connectivity index (χ0n) is 15.7. The lowest BCUT2D eigenvalue weighted by atomic mass is 10.0. The molecule has 1 aliphatic rings. The fourth-order valence-electron chi connectivity index (χ4n) is 3.24. The molecule has 8 nitrogen and oxygen atoms in total. The largest absolute Gasteiger partial charge is 0.346 e. The zero-order valence-corrected chi connectivity index (χ0v) is 15.7. The monoisotopic (exact) mass is 410 g/mol. The van der Waals surface area contributed by atoms with Gasteiger partial charge in [0, 0.05) is 13.1 Å². The molecule has 0 bridgehead atoms. The summed E-state index contributed by atoms with van der Waals surface area (Å²) in [5.41, 5.74) is -0.494. The topological polar surface area (TPSA) is 92.2 Å². The van der Waals surface area contributed by atoms with E-state index >= 15 is 0 Å². The number of carbonyl (C=O) groups is 2. The third-order valence-corrected chi connectivity index (χ3v) is 4.97. The Morgan fingerprint density at radius 1 is 1.21 bits per heavy atom. The lowest BCUT2D eigenvalue weighted by molar-refractivity contribution is -0.128. The normalized spacial score (nSPS) is 16.4. The van der Waals surface area contributed by atoms with Gasteiger partial charge in [0.15, 0.2) is 17.5 Å². The predicted molar refractivity (Wildman–Crippen MR) is 97.3 cm³/mol. The number of nitrogens with zero attached hydrogens (tertiary/aromatic N) is 4. The van der Waals surface area contributed by atoms with Crippen LogP contribution < -0.4 is 10.6 Å². The molecule has 0 spiro atoms. The third kappa shape index (κ3) is 4.91. The highest BCUT2D eigenvalue weighted by atomic mass is 19.2. The molecule has 1 unspecified atom stereocenters. The van der Waals surface area contributed by atoms with Crippen molar-refractivity contribution in [2.45, 2.75) is 31.8 Å². The number of anilines is 1. The third-order valence-electron chi connectivity index (χ3n) is 4.97. The second-order valence-electron chi connectivity index (χ2n) is 6.81. The average molecular weight is 410 g/mol. The lowest BCUT2D eigenvalue weighted by Crippen LogP contribution is -2.49. The standard InChI is InChI=1S/C18H21F3N6O2/c1-11(26-6-4-12(5-7-26)27-10-22-9-24-27)18(29)23-8-15(28)25-14-3-2-13(19)16(20)17(14)21/h2-3,9-12H,4-8H2,1H3,(H,23,29)(H,25,28). The van der Waals surface area contributed by atoms with E-state index in [4.69, 9.17) is 0 Å². The molecule has 156 valence electrons. The summed E-state index contributed by atoms with van der Waals surface area (Å²) in [6.07, 6.45) is 4.79. The van der Waals surface area contributed by atoms with Crippen molar-refractivity contribution in [3.8, 4) is 0 Å². The Balaban J connectivity index is 1.45. The first kappa shape index (κ1) is 20.8. The van der Waals surface area contributed by atoms with Crippen molar-refractivity contribution in [2.75, 3.05) is 25.0 Å². The maximum atomic E-state index is 13.6. The number of likely N-dealkylation sites (tertiary alicyclic amines) is 1. The van der Waals surface area contributed by atoms with Crippen LogP contribution in [0, 0.1) is 17.5 Å². The summed E-state index contributed by atoms with van der Waals surface area (Å²) in [5, 5.41) is 8.72. The zero-order chi connectivity index (χ0) is 21.0. The van der Waals surface area contributed by atoms with Gasteiger partial charge in [0.05, 0.1) is 24.3 Å². The summed E-state index contributed by atoms with van der Waals surface area (Å²) in [6.45, 7) is 2.69. The van der Waals surface area contributed by atoms with E-state index < -0.39 is 41.6 Å². The Kier molecular flexibility index (Phi) is 6.47. The van der Waals surface area contributed by atoms with Crippen molar-refractivity contribution in [3.05, 3.63) is 42.2 Å². The minimum Gasteiger partial charge on any atom is -0.346 e. The molecule has 1 atom stereocenters. The van der Waals surface area contributed by atoms with Gasteiger partial charge in [0.25, 0.3) is 0 Å². The maximum Gasteiger partial charge on any atom is 0.243 e. The van der Waals surface area contributed by atoms with E-state index in [1.165, 1.54) is 6.33 Å². The van der Waals surface area contributed by atoms with Gasteiger partial charge in [-0.2, -0.15) is 5.10 Å². The molecule has 2 N–H and O–H groups in total. The van der Waals surface area contributed by atoms with Gasteiger partial charge in [-0.15, -0.1) is 0 Å². The van der Waals surface area contributed by atoms with Crippen LogP contribution in [0.1, 0.15) is 25.8 Å². The van der Waals surface area contributed by atoms with Crippen LogP contribution in [-0.4, -0.2) is 57.2 Å². The fraction of sp³-hybridized carbons (Fsp3) is 0.444. The molecule has 1 saturated heterocycles. The second kappa shape index (κ2) is 9.03. The SMILES string of the molecule is CC(C(=O)NCC(=O)Nc1ccc(F)c(F)c1F)N1CCC(n2cncn2)CC1. The van der Waals surface area contributed by atoms with Crippen LogP contribution in [0.5, 0.6) is 0 Å². The van der Waals surface area contributed by atoms with Gasteiger partial charge in [0.1, 0.15) is 12.7 Å². The first-order chi connectivity index (χ1) is 13.9. The quantitative estimate of drug-likeness (QED) is 0.704. The first-order valence-electron chi connectivity index (χ1n) is 9.16. The van der Waals surface area contributed by atoms with Crippen molar-refractivity contribution in [2.24, 2.45) is 0 Å². The van der Waals surface area contributed by atoms with E-state index in [9.17, 15) is 22.8 Å². The number of rotatable bonds is 6. The highest BCUT2D eigenvalue weighted by molar-refractivity contribution is 5.95. The van der Waals surface area contributed by atoms with Crippen LogP contribution in [0.15, 0.2) is 24.8 Å². The smallest absolute Gasteiger partial charge is 0.243 e. The summed E-state index contributed by atoms with van der Waals surface area (Å²) in [7, 11) is 0. The minimum absolute atomic E-state index is 0.237. The maximum absolute atomic E-state index is 13.6. The van der Waals surface area contributed by atoms with E-state index in [1.54, 1.807) is 13.3 Å². The molecule has 1 aromatic carbocycles. The van der Waals surface area contributed by atoms with Crippen molar-refractivity contribution in [3.63, 3.8) is 0 Å². The van der Waals surface area contributed by atoms with Crippen molar-refractivity contribution >= 4 is 17.5 Å². The number of hydrogen-bond donors (Lipinski definition) is 2. The number of hydrogen-bond acceptors (Lipinski definition) is 5. The van der Waals surface area contributed by atoms with Gasteiger partial charge in [-0.1, -0.05) is 0 Å². The van der Waals surface area contributed by atoms with Crippen LogP contribution in [0.4, 0.5) is 18.9 Å². The van der Waals surface area contributed by atoms with Crippen LogP contribution >= 0.6 is 0 Å². The number of carbonyl (C=O) groups excluding carboxylic acids is 2. The Bertz CT molecular complexity index is 869. The van der Waals surface area contributed by atoms with E-state index in [-0.39, 0.29) is 11.9 Å². The van der Waals surface area contributed by atoms with E-state index in [0.717, 1.165) is 18.9 Å². The molecule has 2 amide bonds. The molecule has 3 rings (SSSR count). The van der Waals surface area contributed by atoms with Gasteiger partial charge >= 0.3 is 0 Å². The van der Waals surface area contributed by atoms with Gasteiger partial charge in [-0.25, -0.2) is 22.8 Å². The van der Waals surface area contributed by atoms with E-state index in [1.807, 2.05) is 9.58 Å². The van der Waals surface area contributed by atoms with Crippen molar-refractivity contribution in [1.82, 2.24) is 25.0 Å². The van der Waals surface area contributed by atoms with Crippen LogP contribution in [0.2, 0.25) is 0 Å². The summed E-state index contributed by atoms with van der Waals surface area (Å²) in [5.74, 6) is -5.62. The minimum atomic E-state index is -1.67. The number of benzene rings is 1. The Morgan fingerprint density at radius 2 is 1.93 bits per heavy atom. The number of amides is 2. The molecule has 29 heavy (non-hydrogen) atoms. The number of halogens is 3. The molecular weight excluding hydrogens is 389 g/mol. The van der Waals surface area contributed by atoms with Gasteiger partial charge in [-0.3, -0.25) is 14.5 Å². The highest BCUT2D eigenvalue weighted by Crippen LogP contribution is 2.22. The summed E-state index contributed by atoms with van der Waals surface area (Å²) in [4.78, 5) is 30.2. The number of aromatic nitrogens is 3. The average Bonchev–Trinajstić information content (AvgIpc) is 3.27. The molecule has 1 aliphatic heterocycles. The van der Waals surface area contributed by atoms with Crippen LogP contribution in [-0.2, 0) is 9.59 Å². The lowest BCUT2D eigenvalue weighted by Gasteiger charge is -2.35. The second-order valence-corrected chi connectivity index (χ2v) is 6.81. The molecule has 0 aliphatic carbocycles. The fourth-order valence-corrected chi connectivity index (χ4v) is 3.24. The van der Waals surface area contributed by atoms with Gasteiger partial charge in [0.2, 0.25) is 11.8 Å². The Labute approximate surface area is 165 Å². The molecular formula is C18H21F3N6O2. The molecule has 0 saturated carbocycles. The molecule has 2 aromatic rings. The molecule has 1 fully saturated rings. The summed E-state index contributed by atoms with van der Waals surface area (Å²) < 4.78 is 41.5. The van der Waals surface area contributed by atoms with E-state index in [2.05, 4.69) is 20.7 Å². The molecule has 0 radical (unpaired) electrons. The first-order valence-corrected chi connectivity index (χ1v) is 9.16. The van der Waals surface area contributed by atoms with Gasteiger partial charge in [-0.05, 0) is 31.9 Å².